The minimum absolute atomic E-state index is 0.133. The number of rotatable bonds is 3. The summed E-state index contributed by atoms with van der Waals surface area (Å²) >= 11 is 0. The van der Waals surface area contributed by atoms with Gasteiger partial charge in [-0.2, -0.15) is 0 Å². The van der Waals surface area contributed by atoms with Crippen molar-refractivity contribution in [3.8, 4) is 17.6 Å². The second-order valence-electron chi connectivity index (χ2n) is 4.42. The molecule has 0 spiro atoms. The molecular weight excluding hydrogens is 307 g/mol. The average Bonchev–Trinajstić information content (AvgIpc) is 2.51. The first kappa shape index (κ1) is 16.4. The van der Waals surface area contributed by atoms with Gasteiger partial charge in [0, 0.05) is 11.1 Å². The molecule has 118 valence electrons. The Bertz CT molecular complexity index is 713. The van der Waals surface area contributed by atoms with Crippen molar-refractivity contribution in [2.75, 3.05) is 6.54 Å². The van der Waals surface area contributed by atoms with Gasteiger partial charge in [-0.05, 0) is 36.4 Å². The van der Waals surface area contributed by atoms with Crippen LogP contribution in [0.2, 0.25) is 0 Å². The van der Waals surface area contributed by atoms with Crippen molar-refractivity contribution in [1.82, 2.24) is 5.32 Å². The summed E-state index contributed by atoms with van der Waals surface area (Å²) in [5.74, 6) is 4.86. The van der Waals surface area contributed by atoms with Gasteiger partial charge >= 0.3 is 6.36 Å². The van der Waals surface area contributed by atoms with Gasteiger partial charge in [-0.15, -0.1) is 13.2 Å². The van der Waals surface area contributed by atoms with Gasteiger partial charge in [0.15, 0.2) is 0 Å². The third kappa shape index (κ3) is 5.75. The Hall–Kier alpha value is -2.94. The molecule has 0 bridgehead atoms. The molecule has 0 atom stereocenters. The molecule has 3 nitrogen and oxygen atoms in total. The number of ether oxygens (including phenoxy) is 1. The van der Waals surface area contributed by atoms with Crippen molar-refractivity contribution in [3.63, 3.8) is 0 Å². The highest BCUT2D eigenvalue weighted by Crippen LogP contribution is 2.22. The molecule has 1 N–H and O–H groups in total. The second-order valence-corrected chi connectivity index (χ2v) is 4.42. The van der Waals surface area contributed by atoms with E-state index in [2.05, 4.69) is 21.9 Å². The van der Waals surface area contributed by atoms with Gasteiger partial charge in [-0.25, -0.2) is 0 Å². The smallest absolute Gasteiger partial charge is 0.406 e. The molecule has 0 heterocycles. The number of hydrogen-bond acceptors (Lipinski definition) is 2. The molecule has 0 aliphatic rings. The van der Waals surface area contributed by atoms with Crippen LogP contribution in [0.5, 0.6) is 5.75 Å². The number of nitrogens with one attached hydrogen (secondary N) is 1. The predicted molar refractivity (Wildman–Crippen MR) is 78.8 cm³/mol. The fourth-order valence-corrected chi connectivity index (χ4v) is 1.70. The van der Waals surface area contributed by atoms with E-state index in [1.807, 2.05) is 30.3 Å². The van der Waals surface area contributed by atoms with Gasteiger partial charge in [0.25, 0.3) is 5.91 Å². The molecule has 6 heteroatoms. The van der Waals surface area contributed by atoms with Crippen LogP contribution in [0.4, 0.5) is 13.2 Å². The summed E-state index contributed by atoms with van der Waals surface area (Å²) in [5, 5.41) is 2.56. The fourth-order valence-electron chi connectivity index (χ4n) is 1.70. The summed E-state index contributed by atoms with van der Waals surface area (Å²) in [6, 6.07) is 13.9. The lowest BCUT2D eigenvalue weighted by molar-refractivity contribution is -0.274. The van der Waals surface area contributed by atoms with E-state index in [-0.39, 0.29) is 17.9 Å². The van der Waals surface area contributed by atoms with E-state index < -0.39 is 12.3 Å². The summed E-state index contributed by atoms with van der Waals surface area (Å²) in [5.41, 5.74) is 1.05. The van der Waals surface area contributed by atoms with Crippen LogP contribution in [0, 0.1) is 11.8 Å². The number of carbonyl (C=O) groups excluding carboxylic acids is 1. The number of benzene rings is 2. The summed E-state index contributed by atoms with van der Waals surface area (Å²) in [6.07, 6.45) is -4.75. The Balaban J connectivity index is 1.88. The molecule has 0 aromatic heterocycles. The normalized spacial score (nSPS) is 10.4. The summed E-state index contributed by atoms with van der Waals surface area (Å²) in [4.78, 5) is 11.8. The van der Waals surface area contributed by atoms with Crippen LogP contribution in [0.15, 0.2) is 54.6 Å². The molecule has 0 aliphatic heterocycles. The highest BCUT2D eigenvalue weighted by Gasteiger charge is 2.31. The Morgan fingerprint density at radius 3 is 2.30 bits per heavy atom. The zero-order valence-corrected chi connectivity index (χ0v) is 11.9. The van der Waals surface area contributed by atoms with E-state index in [1.165, 1.54) is 12.1 Å². The predicted octanol–water partition coefficient (Wildman–Crippen LogP) is 3.37. The Kier molecular flexibility index (Phi) is 5.26. The first-order chi connectivity index (χ1) is 10.9. The molecule has 0 saturated heterocycles. The largest absolute Gasteiger partial charge is 0.573 e. The highest BCUT2D eigenvalue weighted by molar-refractivity contribution is 5.94. The van der Waals surface area contributed by atoms with Crippen molar-refractivity contribution in [3.05, 3.63) is 65.7 Å². The molecule has 0 fully saturated rings. The lowest BCUT2D eigenvalue weighted by atomic mass is 10.2. The third-order valence-electron chi connectivity index (χ3n) is 2.69. The van der Waals surface area contributed by atoms with E-state index in [4.69, 9.17) is 0 Å². The minimum Gasteiger partial charge on any atom is -0.406 e. The van der Waals surface area contributed by atoms with Crippen LogP contribution in [0.25, 0.3) is 0 Å². The summed E-state index contributed by atoms with van der Waals surface area (Å²) in [6.45, 7) is 0.133. The van der Waals surface area contributed by atoms with E-state index in [0.29, 0.717) is 0 Å². The van der Waals surface area contributed by atoms with Crippen molar-refractivity contribution < 1.29 is 22.7 Å². The molecule has 23 heavy (non-hydrogen) atoms. The first-order valence-corrected chi connectivity index (χ1v) is 6.62. The number of amides is 1. The number of carbonyl (C=O) groups is 1. The number of halogens is 3. The molecule has 0 unspecified atom stereocenters. The van der Waals surface area contributed by atoms with E-state index >= 15 is 0 Å². The Morgan fingerprint density at radius 2 is 1.70 bits per heavy atom. The van der Waals surface area contributed by atoms with Gasteiger partial charge in [0.2, 0.25) is 0 Å². The van der Waals surface area contributed by atoms with Crippen LogP contribution in [-0.2, 0) is 0 Å². The maximum absolute atomic E-state index is 12.0. The second kappa shape index (κ2) is 7.36. The van der Waals surface area contributed by atoms with E-state index in [1.54, 1.807) is 0 Å². The lowest BCUT2D eigenvalue weighted by Gasteiger charge is -2.09. The van der Waals surface area contributed by atoms with Crippen LogP contribution in [0.1, 0.15) is 15.9 Å². The monoisotopic (exact) mass is 319 g/mol. The van der Waals surface area contributed by atoms with Crippen LogP contribution in [-0.4, -0.2) is 18.8 Å². The molecule has 0 saturated carbocycles. The Labute approximate surface area is 131 Å². The summed E-state index contributed by atoms with van der Waals surface area (Å²) in [7, 11) is 0. The zero-order chi connectivity index (χ0) is 16.7. The Morgan fingerprint density at radius 1 is 1.04 bits per heavy atom. The fraction of sp³-hybridized carbons (Fsp3) is 0.118. The molecule has 2 aromatic rings. The van der Waals surface area contributed by atoms with Gasteiger partial charge in [-0.1, -0.05) is 30.0 Å². The van der Waals surface area contributed by atoms with Crippen molar-refractivity contribution in [1.29, 1.82) is 0 Å². The molecular formula is C17H12F3NO2. The highest BCUT2D eigenvalue weighted by atomic mass is 19.4. The third-order valence-corrected chi connectivity index (χ3v) is 2.69. The maximum Gasteiger partial charge on any atom is 0.573 e. The molecule has 0 radical (unpaired) electrons. The van der Waals surface area contributed by atoms with Gasteiger partial charge in [0.1, 0.15) is 5.75 Å². The van der Waals surface area contributed by atoms with Crippen LogP contribution < -0.4 is 10.1 Å². The van der Waals surface area contributed by atoms with E-state index in [9.17, 15) is 18.0 Å². The van der Waals surface area contributed by atoms with E-state index in [0.717, 1.165) is 17.7 Å². The summed E-state index contributed by atoms with van der Waals surface area (Å²) < 4.78 is 39.8. The van der Waals surface area contributed by atoms with Gasteiger partial charge in [-0.3, -0.25) is 4.79 Å². The molecule has 2 rings (SSSR count). The van der Waals surface area contributed by atoms with Gasteiger partial charge in [0.05, 0.1) is 6.54 Å². The minimum atomic E-state index is -4.75. The zero-order valence-electron chi connectivity index (χ0n) is 11.9. The average molecular weight is 319 g/mol. The molecule has 0 aliphatic carbocycles. The topological polar surface area (TPSA) is 38.3 Å². The van der Waals surface area contributed by atoms with Crippen molar-refractivity contribution >= 4 is 5.91 Å². The molecule has 1 amide bonds. The van der Waals surface area contributed by atoms with Crippen LogP contribution >= 0.6 is 0 Å². The first-order valence-electron chi connectivity index (χ1n) is 6.62. The number of alkyl halides is 3. The maximum atomic E-state index is 12.0. The standard InChI is InChI=1S/C17H12F3NO2/c18-17(19,20)23-15-10-8-14(9-11-15)16(22)21-12-4-7-13-5-2-1-3-6-13/h1-3,5-6,8-11H,12H2,(H,21,22). The van der Waals surface area contributed by atoms with Crippen LogP contribution in [0.3, 0.4) is 0 Å². The number of hydrogen-bond donors (Lipinski definition) is 1. The SMILES string of the molecule is O=C(NCC#Cc1ccccc1)c1ccc(OC(F)(F)F)cc1. The van der Waals surface area contributed by atoms with Crippen molar-refractivity contribution in [2.24, 2.45) is 0 Å². The quantitative estimate of drug-likeness (QED) is 0.881. The lowest BCUT2D eigenvalue weighted by Crippen LogP contribution is -2.23. The van der Waals surface area contributed by atoms with Gasteiger partial charge < -0.3 is 10.1 Å². The molecule has 2 aromatic carbocycles. The van der Waals surface area contributed by atoms with Crippen molar-refractivity contribution in [2.45, 2.75) is 6.36 Å².